The van der Waals surface area contributed by atoms with Gasteiger partial charge in [-0.25, -0.2) is 0 Å². The van der Waals surface area contributed by atoms with Crippen LogP contribution in [0.3, 0.4) is 0 Å². The highest BCUT2D eigenvalue weighted by molar-refractivity contribution is 6.01. The van der Waals surface area contributed by atoms with Crippen LogP contribution < -0.4 is 5.73 Å². The maximum Gasteiger partial charge on any atom is 0.305 e. The number of amidine groups is 1. The summed E-state index contributed by atoms with van der Waals surface area (Å²) in [5, 5.41) is 8.83. The second kappa shape index (κ2) is 5.18. The molecule has 0 spiro atoms. The molecule has 0 bridgehead atoms. The first-order chi connectivity index (χ1) is 8.59. The maximum atomic E-state index is 10.8. The third-order valence-corrected chi connectivity index (χ3v) is 3.05. The SMILES string of the molecule is CN1CCN=C1c1ccccc1C(N)CC(=O)O. The summed E-state index contributed by atoms with van der Waals surface area (Å²) in [6.07, 6.45) is -0.0754. The maximum absolute atomic E-state index is 10.8. The van der Waals surface area contributed by atoms with Gasteiger partial charge in [-0.3, -0.25) is 9.79 Å². The fourth-order valence-corrected chi connectivity index (χ4v) is 2.15. The lowest BCUT2D eigenvalue weighted by atomic mass is 9.97. The minimum atomic E-state index is -0.890. The molecule has 1 atom stereocenters. The minimum Gasteiger partial charge on any atom is -0.481 e. The highest BCUT2D eigenvalue weighted by Gasteiger charge is 2.21. The van der Waals surface area contributed by atoms with E-state index in [2.05, 4.69) is 9.89 Å². The Kier molecular flexibility index (Phi) is 3.62. The molecule has 18 heavy (non-hydrogen) atoms. The van der Waals surface area contributed by atoms with Gasteiger partial charge >= 0.3 is 5.97 Å². The highest BCUT2D eigenvalue weighted by atomic mass is 16.4. The minimum absolute atomic E-state index is 0.0754. The molecule has 1 aromatic carbocycles. The zero-order valence-electron chi connectivity index (χ0n) is 10.3. The fraction of sp³-hybridized carbons (Fsp3) is 0.385. The number of benzene rings is 1. The Morgan fingerprint density at radius 2 is 2.28 bits per heavy atom. The van der Waals surface area contributed by atoms with Crippen LogP contribution in [0.5, 0.6) is 0 Å². The van der Waals surface area contributed by atoms with Gasteiger partial charge in [-0.15, -0.1) is 0 Å². The van der Waals surface area contributed by atoms with Gasteiger partial charge in [0.05, 0.1) is 13.0 Å². The summed E-state index contributed by atoms with van der Waals surface area (Å²) >= 11 is 0. The summed E-state index contributed by atoms with van der Waals surface area (Å²) in [6.45, 7) is 1.66. The topological polar surface area (TPSA) is 78.9 Å². The zero-order valence-corrected chi connectivity index (χ0v) is 10.3. The number of aliphatic carboxylic acids is 1. The molecular formula is C13H17N3O2. The Morgan fingerprint density at radius 1 is 1.56 bits per heavy atom. The number of likely N-dealkylation sites (N-methyl/N-ethyl adjacent to an activating group) is 1. The summed E-state index contributed by atoms with van der Waals surface area (Å²) in [7, 11) is 1.98. The molecule has 3 N–H and O–H groups in total. The number of hydrogen-bond acceptors (Lipinski definition) is 4. The Hall–Kier alpha value is -1.88. The van der Waals surface area contributed by atoms with Crippen LogP contribution in [0.4, 0.5) is 0 Å². The number of hydrogen-bond donors (Lipinski definition) is 2. The highest BCUT2D eigenvalue weighted by Crippen LogP contribution is 2.22. The van der Waals surface area contributed by atoms with Gasteiger partial charge in [0.25, 0.3) is 0 Å². The van der Waals surface area contributed by atoms with Crippen molar-refractivity contribution < 1.29 is 9.90 Å². The van der Waals surface area contributed by atoms with E-state index in [9.17, 15) is 4.79 Å². The van der Waals surface area contributed by atoms with Crippen LogP contribution in [0.25, 0.3) is 0 Å². The standard InChI is InChI=1S/C13H17N3O2/c1-16-7-6-15-13(16)10-5-3-2-4-9(10)11(14)8-12(17)18/h2-5,11H,6-8,14H2,1H3,(H,17,18). The molecule has 96 valence electrons. The normalized spacial score (nSPS) is 16.6. The molecule has 5 nitrogen and oxygen atoms in total. The summed E-state index contributed by atoms with van der Waals surface area (Å²) in [5.41, 5.74) is 7.73. The Morgan fingerprint density at radius 3 is 2.89 bits per heavy atom. The largest absolute Gasteiger partial charge is 0.481 e. The fourth-order valence-electron chi connectivity index (χ4n) is 2.15. The average Bonchev–Trinajstić information content (AvgIpc) is 2.74. The van der Waals surface area contributed by atoms with Crippen molar-refractivity contribution in [2.75, 3.05) is 20.1 Å². The van der Waals surface area contributed by atoms with Crippen LogP contribution in [-0.2, 0) is 4.79 Å². The molecule has 0 fully saturated rings. The van der Waals surface area contributed by atoms with Crippen molar-refractivity contribution in [1.82, 2.24) is 4.90 Å². The molecule has 1 aliphatic heterocycles. The van der Waals surface area contributed by atoms with Crippen LogP contribution >= 0.6 is 0 Å². The van der Waals surface area contributed by atoms with E-state index in [0.717, 1.165) is 30.1 Å². The molecule has 0 saturated carbocycles. The van der Waals surface area contributed by atoms with Crippen molar-refractivity contribution in [2.24, 2.45) is 10.7 Å². The van der Waals surface area contributed by atoms with Crippen molar-refractivity contribution in [3.8, 4) is 0 Å². The molecule has 2 rings (SSSR count). The molecule has 0 saturated heterocycles. The summed E-state index contributed by atoms with van der Waals surface area (Å²) in [6, 6.07) is 7.10. The zero-order chi connectivity index (χ0) is 13.1. The Balaban J connectivity index is 2.34. The summed E-state index contributed by atoms with van der Waals surface area (Å²) < 4.78 is 0. The van der Waals surface area contributed by atoms with E-state index in [4.69, 9.17) is 10.8 Å². The van der Waals surface area contributed by atoms with E-state index in [1.165, 1.54) is 0 Å². The van der Waals surface area contributed by atoms with Gasteiger partial charge < -0.3 is 15.7 Å². The van der Waals surface area contributed by atoms with E-state index in [1.807, 2.05) is 31.3 Å². The number of aliphatic imine (C=N–C) groups is 1. The molecular weight excluding hydrogens is 230 g/mol. The van der Waals surface area contributed by atoms with Gasteiger partial charge in [-0.1, -0.05) is 24.3 Å². The van der Waals surface area contributed by atoms with Crippen molar-refractivity contribution in [2.45, 2.75) is 12.5 Å². The molecule has 1 aromatic rings. The monoisotopic (exact) mass is 247 g/mol. The van der Waals surface area contributed by atoms with Crippen molar-refractivity contribution in [1.29, 1.82) is 0 Å². The second-order valence-corrected chi connectivity index (χ2v) is 4.42. The van der Waals surface area contributed by atoms with Crippen LogP contribution in [0.15, 0.2) is 29.3 Å². The first-order valence-corrected chi connectivity index (χ1v) is 5.92. The van der Waals surface area contributed by atoms with E-state index in [0.29, 0.717) is 0 Å². The van der Waals surface area contributed by atoms with Gasteiger partial charge in [0.2, 0.25) is 0 Å². The second-order valence-electron chi connectivity index (χ2n) is 4.42. The first kappa shape index (κ1) is 12.6. The lowest BCUT2D eigenvalue weighted by Gasteiger charge is -2.19. The molecule has 0 radical (unpaired) electrons. The molecule has 0 amide bonds. The number of nitrogens with zero attached hydrogens (tertiary/aromatic N) is 2. The van der Waals surface area contributed by atoms with Crippen molar-refractivity contribution in [3.63, 3.8) is 0 Å². The van der Waals surface area contributed by atoms with Crippen molar-refractivity contribution >= 4 is 11.8 Å². The van der Waals surface area contributed by atoms with Crippen LogP contribution in [0.2, 0.25) is 0 Å². The smallest absolute Gasteiger partial charge is 0.305 e. The van der Waals surface area contributed by atoms with E-state index < -0.39 is 12.0 Å². The Labute approximate surface area is 106 Å². The molecule has 0 aromatic heterocycles. The third kappa shape index (κ3) is 2.51. The quantitative estimate of drug-likeness (QED) is 0.826. The van der Waals surface area contributed by atoms with Crippen molar-refractivity contribution in [3.05, 3.63) is 35.4 Å². The molecule has 1 heterocycles. The predicted octanol–water partition coefficient (Wildman–Crippen LogP) is 0.853. The lowest BCUT2D eigenvalue weighted by molar-refractivity contribution is -0.137. The van der Waals surface area contributed by atoms with Crippen LogP contribution in [0.1, 0.15) is 23.6 Å². The summed E-state index contributed by atoms with van der Waals surface area (Å²) in [4.78, 5) is 17.3. The number of carboxylic acid groups (broad SMARTS) is 1. The van der Waals surface area contributed by atoms with Gasteiger partial charge in [-0.05, 0) is 5.56 Å². The number of nitrogens with two attached hydrogens (primary N) is 1. The number of rotatable bonds is 4. The first-order valence-electron chi connectivity index (χ1n) is 5.92. The average molecular weight is 247 g/mol. The molecule has 0 aliphatic carbocycles. The van der Waals surface area contributed by atoms with Gasteiger partial charge in [-0.2, -0.15) is 0 Å². The molecule has 1 aliphatic rings. The van der Waals surface area contributed by atoms with E-state index in [1.54, 1.807) is 0 Å². The third-order valence-electron chi connectivity index (χ3n) is 3.05. The van der Waals surface area contributed by atoms with Crippen LogP contribution in [0, 0.1) is 0 Å². The lowest BCUT2D eigenvalue weighted by Crippen LogP contribution is -2.26. The van der Waals surface area contributed by atoms with Gasteiger partial charge in [0.15, 0.2) is 0 Å². The predicted molar refractivity (Wildman–Crippen MR) is 69.7 cm³/mol. The number of carboxylic acids is 1. The Bertz CT molecular complexity index is 485. The van der Waals surface area contributed by atoms with Gasteiger partial charge in [0.1, 0.15) is 5.84 Å². The molecule has 5 heteroatoms. The van der Waals surface area contributed by atoms with Crippen LogP contribution in [-0.4, -0.2) is 41.9 Å². The number of carbonyl (C=O) groups is 1. The van der Waals surface area contributed by atoms with E-state index in [-0.39, 0.29) is 6.42 Å². The van der Waals surface area contributed by atoms with E-state index >= 15 is 0 Å². The summed E-state index contributed by atoms with van der Waals surface area (Å²) in [5.74, 6) is 0.00505. The van der Waals surface area contributed by atoms with Gasteiger partial charge in [0, 0.05) is 25.2 Å². The molecule has 1 unspecified atom stereocenters.